The molecule has 15 nitrogen and oxygen atoms in total. The van der Waals surface area contributed by atoms with Gasteiger partial charge in [-0.2, -0.15) is 0 Å². The van der Waals surface area contributed by atoms with E-state index in [1.807, 2.05) is 19.9 Å². The first-order valence-electron chi connectivity index (χ1n) is 20.3. The molecule has 0 aliphatic carbocycles. The number of hydrogen-bond donors (Lipinski definition) is 3. The number of aromatic nitrogens is 2. The zero-order chi connectivity index (χ0) is 42.9. The Balaban J connectivity index is 1.00. The van der Waals surface area contributed by atoms with E-state index in [1.54, 1.807) is 64.7 Å². The zero-order valence-electron chi connectivity index (χ0n) is 34.2. The van der Waals surface area contributed by atoms with Gasteiger partial charge >= 0.3 is 12.2 Å². The highest BCUT2D eigenvalue weighted by Gasteiger charge is 2.39. The van der Waals surface area contributed by atoms with Crippen molar-refractivity contribution in [3.05, 3.63) is 106 Å². The predicted molar refractivity (Wildman–Crippen MR) is 225 cm³/mol. The number of nitrogens with one attached hydrogen (secondary N) is 3. The van der Waals surface area contributed by atoms with Crippen LogP contribution in [-0.4, -0.2) is 88.9 Å². The van der Waals surface area contributed by atoms with Crippen LogP contribution in [0.3, 0.4) is 0 Å². The van der Waals surface area contributed by atoms with Crippen molar-refractivity contribution in [3.8, 4) is 11.3 Å². The highest BCUT2D eigenvalue weighted by molar-refractivity contribution is 6.04. The molecule has 5 aromatic rings. The van der Waals surface area contributed by atoms with Crippen LogP contribution in [0.4, 0.5) is 14.0 Å². The third-order valence-corrected chi connectivity index (χ3v) is 11.8. The topological polar surface area (TPSA) is 189 Å². The van der Waals surface area contributed by atoms with Crippen molar-refractivity contribution in [2.75, 3.05) is 27.3 Å². The fourth-order valence-corrected chi connectivity index (χ4v) is 8.60. The molecule has 3 aromatic carbocycles. The van der Waals surface area contributed by atoms with Gasteiger partial charge in [-0.3, -0.25) is 19.4 Å². The first-order valence-corrected chi connectivity index (χ1v) is 20.3. The molecule has 3 N–H and O–H groups in total. The monoisotopic (exact) mass is 831 g/mol. The molecule has 2 aromatic heterocycles. The zero-order valence-corrected chi connectivity index (χ0v) is 34.2. The van der Waals surface area contributed by atoms with Crippen LogP contribution in [0.2, 0.25) is 0 Å². The molecule has 2 fully saturated rings. The summed E-state index contributed by atoms with van der Waals surface area (Å²) in [5.41, 5.74) is 3.54. The van der Waals surface area contributed by atoms with E-state index in [4.69, 9.17) is 13.9 Å². The van der Waals surface area contributed by atoms with Crippen LogP contribution in [-0.2, 0) is 19.1 Å². The number of alkyl carbamates (subject to hydrolysis) is 2. The summed E-state index contributed by atoms with van der Waals surface area (Å²) in [6.07, 6.45) is 4.95. The number of fused-ring (bicyclic) bond motifs is 2. The Bertz CT molecular complexity index is 2660. The van der Waals surface area contributed by atoms with Crippen LogP contribution in [0.5, 0.6) is 0 Å². The Morgan fingerprint density at radius 2 is 1.56 bits per heavy atom. The lowest BCUT2D eigenvalue weighted by Crippen LogP contribution is -2.53. The fourth-order valence-electron chi connectivity index (χ4n) is 8.60. The molecule has 0 radical (unpaired) electrons. The Kier molecular flexibility index (Phi) is 11.4. The maximum atomic E-state index is 16.0. The van der Waals surface area contributed by atoms with Gasteiger partial charge in [0, 0.05) is 42.5 Å². The summed E-state index contributed by atoms with van der Waals surface area (Å²) in [4.78, 5) is 81.8. The minimum absolute atomic E-state index is 0.0787. The minimum Gasteiger partial charge on any atom is -0.456 e. The van der Waals surface area contributed by atoms with E-state index in [-0.39, 0.29) is 51.7 Å². The van der Waals surface area contributed by atoms with Crippen LogP contribution >= 0.6 is 0 Å². The van der Waals surface area contributed by atoms with E-state index in [0.717, 1.165) is 18.6 Å². The van der Waals surface area contributed by atoms with Gasteiger partial charge in [0.25, 0.3) is 5.91 Å². The van der Waals surface area contributed by atoms with E-state index >= 15 is 4.39 Å². The van der Waals surface area contributed by atoms with Gasteiger partial charge in [-0.25, -0.2) is 19.0 Å². The second-order valence-electron chi connectivity index (χ2n) is 15.8. The number of nitrogens with zero attached hydrogens (tertiary/aromatic N) is 4. The summed E-state index contributed by atoms with van der Waals surface area (Å²) in [6, 6.07) is 14.4. The average molecular weight is 832 g/mol. The standard InChI is InChI=1S/C45H46FN7O8/c1-24(2)38(50-44(57)59-3)42(55)52-16-8-12-34(52)32-19-27(22-47-32)28-21-37-30(20-31(28)46)40(54)29-18-26(14-15-36(29)61-37)33-23-48-41(49-33)35-13-9-17-53(35)43(56)39(51-45(58)60-4)25-10-6-5-7-11-25/h5-7,10-11,14-15,18,20-24,34-35,38-39H,8-9,12-13,16-17,19H2,1-4H3,(H,48,49)(H,50,57)(H,51,58)/t34-,35-,38-,39+/m0/s1. The molecule has 16 heteroatoms. The van der Waals surface area contributed by atoms with Crippen molar-refractivity contribution in [3.63, 3.8) is 0 Å². The number of aliphatic imine (C=N–C) groups is 1. The molecule has 61 heavy (non-hydrogen) atoms. The second-order valence-corrected chi connectivity index (χ2v) is 15.8. The van der Waals surface area contributed by atoms with E-state index < -0.39 is 35.5 Å². The van der Waals surface area contributed by atoms with Crippen molar-refractivity contribution in [2.24, 2.45) is 10.9 Å². The number of benzene rings is 3. The normalized spacial score (nSPS) is 18.6. The lowest BCUT2D eigenvalue weighted by atomic mass is 9.96. The Labute approximate surface area is 350 Å². The molecule has 4 amide bonds. The van der Waals surface area contributed by atoms with Crippen molar-refractivity contribution in [1.82, 2.24) is 30.4 Å². The number of H-pyrrole nitrogens is 1. The van der Waals surface area contributed by atoms with Crippen LogP contribution < -0.4 is 16.1 Å². The number of carbonyl (C=O) groups is 4. The van der Waals surface area contributed by atoms with Gasteiger partial charge in [0.05, 0.1) is 49.0 Å². The fraction of sp³-hybridized carbons (Fsp3) is 0.356. The number of ether oxygens (including phenoxy) is 2. The third-order valence-electron chi connectivity index (χ3n) is 11.8. The molecule has 2 saturated heterocycles. The van der Waals surface area contributed by atoms with E-state index in [0.29, 0.717) is 66.2 Å². The number of halogens is 1. The largest absolute Gasteiger partial charge is 0.456 e. The maximum Gasteiger partial charge on any atom is 0.407 e. The number of aromatic amines is 1. The molecule has 8 rings (SSSR count). The van der Waals surface area contributed by atoms with Crippen LogP contribution in [0.25, 0.3) is 38.8 Å². The third kappa shape index (κ3) is 7.97. The predicted octanol–water partition coefficient (Wildman–Crippen LogP) is 6.79. The molecule has 0 spiro atoms. The summed E-state index contributed by atoms with van der Waals surface area (Å²) in [6.45, 7) is 4.67. The molecule has 3 aliphatic rings. The highest BCUT2D eigenvalue weighted by Crippen LogP contribution is 2.36. The van der Waals surface area contributed by atoms with Crippen LogP contribution in [0.1, 0.15) is 75.0 Å². The van der Waals surface area contributed by atoms with E-state index in [9.17, 15) is 24.0 Å². The highest BCUT2D eigenvalue weighted by atomic mass is 19.1. The van der Waals surface area contributed by atoms with Gasteiger partial charge in [0.1, 0.15) is 34.9 Å². The number of rotatable bonds is 10. The van der Waals surface area contributed by atoms with Gasteiger partial charge in [0.15, 0.2) is 0 Å². The van der Waals surface area contributed by atoms with Crippen LogP contribution in [0.15, 0.2) is 87.3 Å². The molecule has 0 unspecified atom stereocenters. The summed E-state index contributed by atoms with van der Waals surface area (Å²) >= 11 is 0. The van der Waals surface area contributed by atoms with Gasteiger partial charge in [0.2, 0.25) is 11.3 Å². The SMILES string of the molecule is COC(=O)N[C@H](C(=O)N1CCC[C@H]1C1=NC=C(c2cc3oc4ccc(-c5cnc([C@@H]6CCCN6C(=O)[C@H](NC(=O)OC)c6ccccc6)[nH]5)cc4c(=O)c3cc2F)C1)C(C)C. The van der Waals surface area contributed by atoms with Crippen molar-refractivity contribution >= 4 is 57.2 Å². The minimum atomic E-state index is -0.957. The quantitative estimate of drug-likeness (QED) is 0.127. The number of allylic oxidation sites excluding steroid dienone is 1. The number of carbonyl (C=O) groups excluding carboxylic acids is 4. The molecule has 0 saturated carbocycles. The smallest absolute Gasteiger partial charge is 0.407 e. The van der Waals surface area contributed by atoms with E-state index in [1.165, 1.54) is 26.4 Å². The first kappa shape index (κ1) is 40.9. The average Bonchev–Trinajstić information content (AvgIpc) is 4.12. The maximum absolute atomic E-state index is 16.0. The van der Waals surface area contributed by atoms with Crippen molar-refractivity contribution in [2.45, 2.75) is 70.1 Å². The summed E-state index contributed by atoms with van der Waals surface area (Å²) in [5.74, 6) is -0.748. The van der Waals surface area contributed by atoms with Crippen molar-refractivity contribution < 1.29 is 37.5 Å². The lowest BCUT2D eigenvalue weighted by Gasteiger charge is -2.31. The van der Waals surface area contributed by atoms with Crippen LogP contribution in [0, 0.1) is 11.7 Å². The number of imidazole rings is 1. The van der Waals surface area contributed by atoms with Crippen molar-refractivity contribution in [1.29, 1.82) is 0 Å². The summed E-state index contributed by atoms with van der Waals surface area (Å²) < 4.78 is 31.7. The van der Waals surface area contributed by atoms with E-state index in [2.05, 4.69) is 25.6 Å². The van der Waals surface area contributed by atoms with Gasteiger partial charge in [-0.05, 0) is 73.1 Å². The number of amides is 4. The van der Waals surface area contributed by atoms with Gasteiger partial charge in [-0.15, -0.1) is 0 Å². The Hall–Kier alpha value is -6.84. The molecular formula is C45H46FN7O8. The Morgan fingerprint density at radius 1 is 0.869 bits per heavy atom. The lowest BCUT2D eigenvalue weighted by molar-refractivity contribution is -0.135. The molecule has 5 heterocycles. The summed E-state index contributed by atoms with van der Waals surface area (Å²) in [5, 5.41) is 5.65. The second kappa shape index (κ2) is 17.0. The summed E-state index contributed by atoms with van der Waals surface area (Å²) in [7, 11) is 2.49. The molecular weight excluding hydrogens is 786 g/mol. The number of likely N-dealkylation sites (tertiary alicyclic amines) is 2. The molecule has 316 valence electrons. The molecule has 4 atom stereocenters. The number of methoxy groups -OCH3 is 2. The van der Waals surface area contributed by atoms with Gasteiger partial charge < -0.3 is 39.3 Å². The number of hydrogen-bond acceptors (Lipinski definition) is 10. The Morgan fingerprint density at radius 3 is 2.28 bits per heavy atom. The van der Waals surface area contributed by atoms with Gasteiger partial charge in [-0.1, -0.05) is 44.2 Å². The first-order chi connectivity index (χ1) is 29.4. The molecule has 3 aliphatic heterocycles. The molecule has 0 bridgehead atoms.